The van der Waals surface area contributed by atoms with Crippen molar-refractivity contribution in [3.63, 3.8) is 0 Å². The summed E-state index contributed by atoms with van der Waals surface area (Å²) in [6, 6.07) is 0. The molecular formula is C75H118O6. The summed E-state index contributed by atoms with van der Waals surface area (Å²) in [7, 11) is 0. The first kappa shape index (κ1) is 75.8. The van der Waals surface area contributed by atoms with E-state index < -0.39 is 6.10 Å². The molecule has 454 valence electrons. The van der Waals surface area contributed by atoms with Crippen molar-refractivity contribution in [2.24, 2.45) is 0 Å². The molecule has 0 amide bonds. The highest BCUT2D eigenvalue weighted by molar-refractivity contribution is 5.71. The lowest BCUT2D eigenvalue weighted by atomic mass is 10.1. The van der Waals surface area contributed by atoms with Crippen LogP contribution in [0.1, 0.15) is 265 Å². The molecule has 0 aromatic heterocycles. The van der Waals surface area contributed by atoms with Crippen LogP contribution in [0.3, 0.4) is 0 Å². The predicted molar refractivity (Wildman–Crippen MR) is 352 cm³/mol. The number of rotatable bonds is 57. The predicted octanol–water partition coefficient (Wildman–Crippen LogP) is 22.7. The average molecular weight is 1120 g/mol. The van der Waals surface area contributed by atoms with Crippen LogP contribution in [0.25, 0.3) is 0 Å². The van der Waals surface area contributed by atoms with Gasteiger partial charge in [-0.05, 0) is 148 Å². The molecule has 1 atom stereocenters. The highest BCUT2D eigenvalue weighted by Crippen LogP contribution is 2.14. The smallest absolute Gasteiger partial charge is 0.306 e. The average Bonchev–Trinajstić information content (AvgIpc) is 3.46. The molecule has 0 aromatic carbocycles. The number of unbranched alkanes of at least 4 members (excludes halogenated alkanes) is 18. The second kappa shape index (κ2) is 67.3. The lowest BCUT2D eigenvalue weighted by Crippen LogP contribution is -2.30. The highest BCUT2D eigenvalue weighted by Gasteiger charge is 2.19. The van der Waals surface area contributed by atoms with Crippen LogP contribution in [0.5, 0.6) is 0 Å². The zero-order chi connectivity index (χ0) is 58.5. The first-order valence-corrected chi connectivity index (χ1v) is 32.6. The standard InChI is InChI=1S/C75H118O6/c1-4-7-10-13-16-19-22-25-27-29-31-33-35-36-37-38-40-41-43-45-47-50-53-56-59-62-65-68-74(77)80-71-72(70-79-73(76)67-64-61-58-55-52-49-24-21-18-15-12-9-6-3)81-75(78)69-66-63-60-57-54-51-48-46-44-42-39-34-32-30-28-26-23-20-17-14-11-8-5-2/h7-8,10-11,16-17,19-21,24-28,31-34,36-37,40-42,44,48,51,57,60,72H,4-6,9,12-15,18,22-23,29-30,35,38-39,43,45-47,49-50,52-56,58-59,61-71H2,1-3H3/b10-7-,11-8-,19-16-,20-17-,24-21-,27-25-,28-26-,33-31-,34-32-,37-36-,41-40-,44-42-,51-48-,60-57-. The minimum Gasteiger partial charge on any atom is -0.462 e. The summed E-state index contributed by atoms with van der Waals surface area (Å²) in [6.07, 6.45) is 99.3. The van der Waals surface area contributed by atoms with Crippen molar-refractivity contribution in [2.75, 3.05) is 13.2 Å². The van der Waals surface area contributed by atoms with Crippen molar-refractivity contribution in [1.82, 2.24) is 0 Å². The van der Waals surface area contributed by atoms with E-state index in [1.54, 1.807) is 0 Å². The first-order valence-electron chi connectivity index (χ1n) is 32.6. The minimum atomic E-state index is -0.826. The lowest BCUT2D eigenvalue weighted by Gasteiger charge is -2.18. The van der Waals surface area contributed by atoms with E-state index in [1.807, 2.05) is 0 Å². The fraction of sp³-hybridized carbons (Fsp3) is 0.587. The first-order chi connectivity index (χ1) is 40.0. The van der Waals surface area contributed by atoms with Crippen LogP contribution in [0.15, 0.2) is 170 Å². The third-order valence-corrected chi connectivity index (χ3v) is 13.2. The summed E-state index contributed by atoms with van der Waals surface area (Å²) in [5.41, 5.74) is 0. The Morgan fingerprint density at radius 2 is 0.494 bits per heavy atom. The Kier molecular flexibility index (Phi) is 62.9. The van der Waals surface area contributed by atoms with Gasteiger partial charge in [-0.3, -0.25) is 14.4 Å². The summed E-state index contributed by atoms with van der Waals surface area (Å²) in [6.45, 7) is 6.33. The topological polar surface area (TPSA) is 78.9 Å². The maximum Gasteiger partial charge on any atom is 0.306 e. The van der Waals surface area contributed by atoms with Crippen LogP contribution in [-0.4, -0.2) is 37.2 Å². The molecule has 0 rings (SSSR count). The van der Waals surface area contributed by atoms with E-state index in [4.69, 9.17) is 14.2 Å². The van der Waals surface area contributed by atoms with E-state index in [0.29, 0.717) is 19.3 Å². The van der Waals surface area contributed by atoms with Crippen molar-refractivity contribution >= 4 is 17.9 Å². The summed E-state index contributed by atoms with van der Waals surface area (Å²) in [4.78, 5) is 38.3. The number of hydrogen-bond donors (Lipinski definition) is 0. The van der Waals surface area contributed by atoms with E-state index in [-0.39, 0.29) is 37.5 Å². The molecule has 0 saturated carbocycles. The third kappa shape index (κ3) is 65.5. The Morgan fingerprint density at radius 3 is 0.802 bits per heavy atom. The molecule has 0 aliphatic carbocycles. The molecule has 0 fully saturated rings. The zero-order valence-corrected chi connectivity index (χ0v) is 52.0. The molecule has 0 spiro atoms. The quantitative estimate of drug-likeness (QED) is 0.0261. The van der Waals surface area contributed by atoms with Gasteiger partial charge in [0.2, 0.25) is 0 Å². The van der Waals surface area contributed by atoms with Gasteiger partial charge >= 0.3 is 17.9 Å². The van der Waals surface area contributed by atoms with Crippen LogP contribution in [0.4, 0.5) is 0 Å². The highest BCUT2D eigenvalue weighted by atomic mass is 16.6. The van der Waals surface area contributed by atoms with E-state index >= 15 is 0 Å². The Morgan fingerprint density at radius 1 is 0.259 bits per heavy atom. The number of ether oxygens (including phenoxy) is 3. The summed E-state index contributed by atoms with van der Waals surface area (Å²) in [5.74, 6) is -0.996. The Balaban J connectivity index is 4.47. The van der Waals surface area contributed by atoms with Crippen molar-refractivity contribution in [2.45, 2.75) is 271 Å². The van der Waals surface area contributed by atoms with Gasteiger partial charge in [0, 0.05) is 19.3 Å². The number of allylic oxidation sites excluding steroid dienone is 28. The Hall–Kier alpha value is -5.23. The maximum atomic E-state index is 12.9. The molecule has 6 nitrogen and oxygen atoms in total. The van der Waals surface area contributed by atoms with Crippen molar-refractivity contribution in [1.29, 1.82) is 0 Å². The van der Waals surface area contributed by atoms with Gasteiger partial charge in [0.1, 0.15) is 13.2 Å². The molecule has 0 aromatic rings. The molecule has 0 heterocycles. The van der Waals surface area contributed by atoms with Gasteiger partial charge in [0.05, 0.1) is 0 Å². The van der Waals surface area contributed by atoms with E-state index in [0.717, 1.165) is 148 Å². The monoisotopic (exact) mass is 1110 g/mol. The van der Waals surface area contributed by atoms with Gasteiger partial charge in [-0.15, -0.1) is 0 Å². The van der Waals surface area contributed by atoms with Gasteiger partial charge in [-0.1, -0.05) is 268 Å². The molecule has 81 heavy (non-hydrogen) atoms. The Bertz CT molecular complexity index is 1860. The molecular weight excluding hydrogens is 997 g/mol. The van der Waals surface area contributed by atoms with Gasteiger partial charge in [-0.2, -0.15) is 0 Å². The summed E-state index contributed by atoms with van der Waals surface area (Å²) in [5, 5.41) is 0. The van der Waals surface area contributed by atoms with Crippen molar-refractivity contribution < 1.29 is 28.6 Å². The van der Waals surface area contributed by atoms with Gasteiger partial charge < -0.3 is 14.2 Å². The van der Waals surface area contributed by atoms with Gasteiger partial charge in [0.15, 0.2) is 6.10 Å². The minimum absolute atomic E-state index is 0.115. The molecule has 1 unspecified atom stereocenters. The molecule has 0 aliphatic rings. The van der Waals surface area contributed by atoms with E-state index in [1.165, 1.54) is 70.6 Å². The van der Waals surface area contributed by atoms with Gasteiger partial charge in [0.25, 0.3) is 0 Å². The zero-order valence-electron chi connectivity index (χ0n) is 52.0. The van der Waals surface area contributed by atoms with Crippen LogP contribution in [-0.2, 0) is 28.6 Å². The normalized spacial score (nSPS) is 13.3. The fourth-order valence-corrected chi connectivity index (χ4v) is 8.37. The van der Waals surface area contributed by atoms with Crippen LogP contribution in [0, 0.1) is 0 Å². The van der Waals surface area contributed by atoms with Crippen LogP contribution >= 0.6 is 0 Å². The van der Waals surface area contributed by atoms with Crippen molar-refractivity contribution in [3.05, 3.63) is 170 Å². The number of hydrogen-bond acceptors (Lipinski definition) is 6. The number of carbonyl (C=O) groups is 3. The SMILES string of the molecule is CC/C=C\C/C=C\C/C=C\C/C=C\C/C=C\C/C=C\C/C=C\CCCC(=O)OC(COC(=O)CCCCCCC/C=C\CCCCCC)COC(=O)CCCCCCCCCC/C=C\C/C=C\C/C=C\C/C=C\C/C=C\C/C=C\CC. The van der Waals surface area contributed by atoms with E-state index in [2.05, 4.69) is 191 Å². The maximum absolute atomic E-state index is 12.9. The van der Waals surface area contributed by atoms with Crippen LogP contribution in [0.2, 0.25) is 0 Å². The largest absolute Gasteiger partial charge is 0.462 e. The fourth-order valence-electron chi connectivity index (χ4n) is 8.37. The molecule has 0 N–H and O–H groups in total. The molecule has 0 aliphatic heterocycles. The van der Waals surface area contributed by atoms with E-state index in [9.17, 15) is 14.4 Å². The Labute approximate surface area is 498 Å². The summed E-state index contributed by atoms with van der Waals surface area (Å²) < 4.78 is 16.9. The second-order valence-electron chi connectivity index (χ2n) is 20.9. The third-order valence-electron chi connectivity index (χ3n) is 13.2. The van der Waals surface area contributed by atoms with Gasteiger partial charge in [-0.25, -0.2) is 0 Å². The molecule has 0 bridgehead atoms. The lowest BCUT2D eigenvalue weighted by molar-refractivity contribution is -0.167. The van der Waals surface area contributed by atoms with Crippen LogP contribution < -0.4 is 0 Å². The summed E-state index contributed by atoms with van der Waals surface area (Å²) >= 11 is 0. The molecule has 0 radical (unpaired) electrons. The molecule has 6 heteroatoms. The number of esters is 3. The second-order valence-corrected chi connectivity index (χ2v) is 20.9. The number of carbonyl (C=O) groups excluding carboxylic acids is 3. The van der Waals surface area contributed by atoms with Crippen molar-refractivity contribution in [3.8, 4) is 0 Å². The molecule has 0 saturated heterocycles.